The Kier molecular flexibility index (Phi) is 4.13. The highest BCUT2D eigenvalue weighted by Gasteiger charge is 2.44. The molecule has 1 heterocycles. The Morgan fingerprint density at radius 3 is 2.62 bits per heavy atom. The second-order valence-corrected chi connectivity index (χ2v) is 5.37. The van der Waals surface area contributed by atoms with E-state index in [1.54, 1.807) is 19.9 Å². The molecule has 1 fully saturated rings. The number of aliphatic hydroxyl groups excluding tert-OH is 1. The normalized spacial score (nSPS) is 18.6. The summed E-state index contributed by atoms with van der Waals surface area (Å²) in [5, 5.41) is 12.4. The van der Waals surface area contributed by atoms with E-state index in [4.69, 9.17) is 4.74 Å². The number of hydrogen-bond acceptors (Lipinski definition) is 4. The molecule has 2 rings (SSSR count). The molecule has 2 N–H and O–H groups in total. The van der Waals surface area contributed by atoms with Crippen molar-refractivity contribution in [2.45, 2.75) is 25.5 Å². The van der Waals surface area contributed by atoms with Gasteiger partial charge in [-0.3, -0.25) is 9.69 Å². The van der Waals surface area contributed by atoms with Crippen LogP contribution >= 0.6 is 0 Å². The molecule has 114 valence electrons. The van der Waals surface area contributed by atoms with Gasteiger partial charge >= 0.3 is 6.03 Å². The summed E-state index contributed by atoms with van der Waals surface area (Å²) in [6.07, 6.45) is -1.10. The van der Waals surface area contributed by atoms with Crippen LogP contribution in [0.15, 0.2) is 24.3 Å². The molecule has 1 aromatic rings. The van der Waals surface area contributed by atoms with Gasteiger partial charge < -0.3 is 15.2 Å². The minimum atomic E-state index is -1.10. The van der Waals surface area contributed by atoms with E-state index in [0.29, 0.717) is 0 Å². The monoisotopic (exact) mass is 296 g/mol. The minimum Gasteiger partial charge on any atom is -0.488 e. The van der Waals surface area contributed by atoms with Crippen molar-refractivity contribution in [1.29, 1.82) is 0 Å². The van der Waals surface area contributed by atoms with E-state index in [1.807, 2.05) is 0 Å². The number of rotatable bonds is 5. The van der Waals surface area contributed by atoms with Crippen LogP contribution in [0.3, 0.4) is 0 Å². The maximum atomic E-state index is 13.3. The molecule has 1 atom stereocenters. The summed E-state index contributed by atoms with van der Waals surface area (Å²) in [6.45, 7) is 2.73. The highest BCUT2D eigenvalue weighted by Crippen LogP contribution is 2.18. The third-order valence-electron chi connectivity index (χ3n) is 3.11. The third kappa shape index (κ3) is 3.30. The Balaban J connectivity index is 1.91. The van der Waals surface area contributed by atoms with Gasteiger partial charge in [-0.1, -0.05) is 12.1 Å². The maximum absolute atomic E-state index is 13.3. The lowest BCUT2D eigenvalue weighted by molar-refractivity contribution is -0.131. The van der Waals surface area contributed by atoms with Crippen molar-refractivity contribution in [2.75, 3.05) is 13.2 Å². The third-order valence-corrected chi connectivity index (χ3v) is 3.11. The molecule has 1 saturated heterocycles. The van der Waals surface area contributed by atoms with Crippen molar-refractivity contribution in [1.82, 2.24) is 10.2 Å². The van der Waals surface area contributed by atoms with Gasteiger partial charge in [0.1, 0.15) is 18.2 Å². The van der Waals surface area contributed by atoms with E-state index in [9.17, 15) is 19.1 Å². The van der Waals surface area contributed by atoms with Crippen LogP contribution in [0.25, 0.3) is 0 Å². The zero-order valence-electron chi connectivity index (χ0n) is 11.8. The number of amides is 3. The number of halogens is 1. The average molecular weight is 296 g/mol. The number of nitrogens with one attached hydrogen (secondary N) is 1. The number of β-amino-alcohol motifs (C(OH)–C–C–N with tert-alkyl or cyclic N) is 1. The van der Waals surface area contributed by atoms with Crippen LogP contribution in [0, 0.1) is 5.82 Å². The van der Waals surface area contributed by atoms with E-state index in [0.717, 1.165) is 4.90 Å². The number of nitrogens with zero attached hydrogens (tertiary/aromatic N) is 1. The zero-order chi connectivity index (χ0) is 15.6. The number of carbonyl (C=O) groups excluding carboxylic acids is 2. The number of urea groups is 1. The molecule has 0 spiro atoms. The highest BCUT2D eigenvalue weighted by atomic mass is 19.1. The summed E-state index contributed by atoms with van der Waals surface area (Å²) < 4.78 is 18.5. The lowest BCUT2D eigenvalue weighted by Gasteiger charge is -2.19. The summed E-state index contributed by atoms with van der Waals surface area (Å²) in [5.41, 5.74) is -0.983. The molecule has 0 aromatic heterocycles. The quantitative estimate of drug-likeness (QED) is 0.791. The van der Waals surface area contributed by atoms with Gasteiger partial charge in [-0.2, -0.15) is 0 Å². The summed E-state index contributed by atoms with van der Waals surface area (Å²) in [4.78, 5) is 24.5. The van der Waals surface area contributed by atoms with E-state index in [2.05, 4.69) is 5.32 Å². The van der Waals surface area contributed by atoms with Crippen molar-refractivity contribution in [3.8, 4) is 5.75 Å². The molecule has 6 nitrogen and oxygen atoms in total. The second-order valence-electron chi connectivity index (χ2n) is 5.37. The van der Waals surface area contributed by atoms with Crippen molar-refractivity contribution in [3.63, 3.8) is 0 Å². The minimum absolute atomic E-state index is 0.00841. The summed E-state index contributed by atoms with van der Waals surface area (Å²) in [5.74, 6) is -0.952. The zero-order valence-corrected chi connectivity index (χ0v) is 11.8. The van der Waals surface area contributed by atoms with Crippen molar-refractivity contribution in [2.24, 2.45) is 0 Å². The number of benzene rings is 1. The average Bonchev–Trinajstić information content (AvgIpc) is 2.60. The highest BCUT2D eigenvalue weighted by molar-refractivity contribution is 6.06. The van der Waals surface area contributed by atoms with Gasteiger partial charge in [-0.15, -0.1) is 0 Å². The largest absolute Gasteiger partial charge is 0.488 e. The number of hydrogen-bond donors (Lipinski definition) is 2. The summed E-state index contributed by atoms with van der Waals surface area (Å²) in [7, 11) is 0. The van der Waals surface area contributed by atoms with Crippen LogP contribution in [0.1, 0.15) is 13.8 Å². The fourth-order valence-electron chi connectivity index (χ4n) is 1.99. The van der Waals surface area contributed by atoms with Crippen LogP contribution in [0.5, 0.6) is 5.75 Å². The number of ether oxygens (including phenoxy) is 1. The van der Waals surface area contributed by atoms with E-state index >= 15 is 0 Å². The van der Waals surface area contributed by atoms with Crippen LogP contribution in [0.4, 0.5) is 9.18 Å². The van der Waals surface area contributed by atoms with Crippen molar-refractivity contribution >= 4 is 11.9 Å². The van der Waals surface area contributed by atoms with Gasteiger partial charge in [-0.05, 0) is 26.0 Å². The first-order valence-electron chi connectivity index (χ1n) is 6.51. The van der Waals surface area contributed by atoms with Crippen LogP contribution in [-0.2, 0) is 4.79 Å². The molecule has 3 amide bonds. The Bertz CT molecular complexity index is 562. The fraction of sp³-hybridized carbons (Fsp3) is 0.429. The standard InChI is InChI=1S/C14H17FN2O4/c1-14(2)12(19)17(13(20)16-14)7-9(18)8-21-11-6-4-3-5-10(11)15/h3-6,9,18H,7-8H2,1-2H3,(H,16,20)/t9-/m0/s1. The molecular weight excluding hydrogens is 279 g/mol. The Morgan fingerprint density at radius 2 is 2.05 bits per heavy atom. The molecule has 7 heteroatoms. The van der Waals surface area contributed by atoms with Gasteiger partial charge in [0.2, 0.25) is 0 Å². The molecule has 0 saturated carbocycles. The second kappa shape index (κ2) is 5.69. The topological polar surface area (TPSA) is 78.9 Å². The fourth-order valence-corrected chi connectivity index (χ4v) is 1.99. The van der Waals surface area contributed by atoms with Crippen LogP contribution < -0.4 is 10.1 Å². The number of aliphatic hydroxyl groups is 1. The summed E-state index contributed by atoms with van der Waals surface area (Å²) in [6, 6.07) is 5.23. The Labute approximate surface area is 121 Å². The van der Waals surface area contributed by atoms with E-state index in [1.165, 1.54) is 18.2 Å². The molecule has 0 bridgehead atoms. The van der Waals surface area contributed by atoms with Crippen molar-refractivity contribution < 1.29 is 23.8 Å². The first-order valence-corrected chi connectivity index (χ1v) is 6.51. The van der Waals surface area contributed by atoms with Gasteiger partial charge in [0, 0.05) is 0 Å². The molecule has 0 unspecified atom stereocenters. The number of para-hydroxylation sites is 1. The van der Waals surface area contributed by atoms with Gasteiger partial charge in [0.25, 0.3) is 5.91 Å². The van der Waals surface area contributed by atoms with Crippen LogP contribution in [0.2, 0.25) is 0 Å². The predicted molar refractivity (Wildman–Crippen MR) is 72.2 cm³/mol. The van der Waals surface area contributed by atoms with Gasteiger partial charge in [0.15, 0.2) is 11.6 Å². The number of imide groups is 1. The predicted octanol–water partition coefficient (Wildman–Crippen LogP) is 0.896. The first-order chi connectivity index (χ1) is 9.81. The maximum Gasteiger partial charge on any atom is 0.325 e. The smallest absolute Gasteiger partial charge is 0.325 e. The first kappa shape index (κ1) is 15.2. The van der Waals surface area contributed by atoms with Gasteiger partial charge in [-0.25, -0.2) is 9.18 Å². The molecule has 21 heavy (non-hydrogen) atoms. The van der Waals surface area contributed by atoms with Crippen molar-refractivity contribution in [3.05, 3.63) is 30.1 Å². The lowest BCUT2D eigenvalue weighted by atomic mass is 10.1. The molecule has 1 aliphatic rings. The molecule has 1 aliphatic heterocycles. The number of carbonyl (C=O) groups is 2. The molecule has 1 aromatic carbocycles. The SMILES string of the molecule is CC1(C)NC(=O)N(C[C@H](O)COc2ccccc2F)C1=O. The molecular formula is C14H17FN2O4. The molecule has 0 radical (unpaired) electrons. The Morgan fingerprint density at radius 1 is 1.38 bits per heavy atom. The lowest BCUT2D eigenvalue weighted by Crippen LogP contribution is -2.42. The van der Waals surface area contributed by atoms with E-state index in [-0.39, 0.29) is 18.9 Å². The Hall–Kier alpha value is -2.15. The van der Waals surface area contributed by atoms with Gasteiger partial charge in [0.05, 0.1) is 6.54 Å². The summed E-state index contributed by atoms with van der Waals surface area (Å²) >= 11 is 0. The van der Waals surface area contributed by atoms with E-state index < -0.39 is 29.4 Å². The molecule has 0 aliphatic carbocycles. The van der Waals surface area contributed by atoms with Crippen LogP contribution in [-0.4, -0.2) is 46.7 Å².